The Hall–Kier alpha value is -0.0831. The van der Waals surface area contributed by atoms with E-state index in [2.05, 4.69) is 32.0 Å². The van der Waals surface area contributed by atoms with E-state index >= 15 is 0 Å². The van der Waals surface area contributed by atoms with Crippen molar-refractivity contribution in [1.29, 1.82) is 0 Å². The lowest BCUT2D eigenvalue weighted by Gasteiger charge is -2.28. The second-order valence-electron chi connectivity index (χ2n) is 2.75. The second-order valence-corrected chi connectivity index (χ2v) is 4.09. The van der Waals surface area contributed by atoms with Crippen molar-refractivity contribution >= 4 is 10.4 Å². The Morgan fingerprint density at radius 3 is 2.00 bits per heavy atom. The molecule has 0 aromatic rings. The molecule has 0 aromatic carbocycles. The molecule has 0 spiro atoms. The van der Waals surface area contributed by atoms with Crippen LogP contribution in [0.2, 0.25) is 0 Å². The van der Waals surface area contributed by atoms with E-state index in [4.69, 9.17) is 0 Å². The molecule has 0 rings (SSSR count). The largest absolute Gasteiger partial charge is 0.327 e. The van der Waals surface area contributed by atoms with Crippen LogP contribution in [0.1, 0.15) is 13.8 Å². The lowest BCUT2D eigenvalue weighted by Crippen LogP contribution is -2.36. The van der Waals surface area contributed by atoms with Gasteiger partial charge in [0.25, 0.3) is 0 Å². The smallest absolute Gasteiger partial charge is 0.0791 e. The van der Waals surface area contributed by atoms with Gasteiger partial charge in [-0.2, -0.15) is 0 Å². The summed E-state index contributed by atoms with van der Waals surface area (Å²) in [6.07, 6.45) is 1.97. The first-order chi connectivity index (χ1) is 3.50. The minimum absolute atomic E-state index is 0.201. The van der Waals surface area contributed by atoms with Crippen molar-refractivity contribution in [2.24, 2.45) is 0 Å². The van der Waals surface area contributed by atoms with Crippen molar-refractivity contribution in [2.75, 3.05) is 7.05 Å². The van der Waals surface area contributed by atoms with Gasteiger partial charge in [0.05, 0.1) is 10.4 Å². The van der Waals surface area contributed by atoms with E-state index in [1.807, 2.05) is 6.08 Å². The summed E-state index contributed by atoms with van der Waals surface area (Å²) in [7, 11) is 3.20. The molecule has 0 saturated heterocycles. The number of likely N-dealkylation sites (N-methyl/N-ethyl adjacent to an activating group) is 1. The van der Waals surface area contributed by atoms with E-state index in [0.717, 1.165) is 10.4 Å². The lowest BCUT2D eigenvalue weighted by molar-refractivity contribution is 0.349. The third kappa shape index (κ3) is 1.80. The summed E-state index contributed by atoms with van der Waals surface area (Å²) in [5.41, 5.74) is 0.201. The van der Waals surface area contributed by atoms with Crippen LogP contribution >= 0.6 is 0 Å². The fourth-order valence-corrected chi connectivity index (χ4v) is 0.365. The normalized spacial score (nSPS) is 12.5. The van der Waals surface area contributed by atoms with Gasteiger partial charge in [0.2, 0.25) is 0 Å². The molecule has 0 aliphatic rings. The third-order valence-corrected chi connectivity index (χ3v) is 2.80. The van der Waals surface area contributed by atoms with Gasteiger partial charge in [0, 0.05) is 5.54 Å². The van der Waals surface area contributed by atoms with Gasteiger partial charge >= 0.3 is 0 Å². The predicted molar refractivity (Wildman–Crippen MR) is 42.0 cm³/mol. The average molecular weight is 129 g/mol. The summed E-state index contributed by atoms with van der Waals surface area (Å²) in [5, 5.41) is 0. The monoisotopic (exact) mass is 129 g/mol. The molecule has 0 fully saturated rings. The van der Waals surface area contributed by atoms with Crippen molar-refractivity contribution in [3.8, 4) is 0 Å². The predicted octanol–water partition coefficient (Wildman–Crippen LogP) is 0.163. The molecule has 0 bridgehead atoms. The van der Waals surface area contributed by atoms with Gasteiger partial charge in [-0.1, -0.05) is 6.08 Å². The SMILES string of the molecule is C=CC(C)(C)N(C)[SiH3]. The van der Waals surface area contributed by atoms with Gasteiger partial charge in [-0.05, 0) is 20.9 Å². The van der Waals surface area contributed by atoms with Crippen molar-refractivity contribution in [3.05, 3.63) is 12.7 Å². The third-order valence-electron chi connectivity index (χ3n) is 1.65. The molecule has 0 N–H and O–H groups in total. The van der Waals surface area contributed by atoms with E-state index in [1.54, 1.807) is 0 Å². The van der Waals surface area contributed by atoms with Crippen molar-refractivity contribution < 1.29 is 0 Å². The van der Waals surface area contributed by atoms with Gasteiger partial charge in [0.15, 0.2) is 0 Å². The quantitative estimate of drug-likeness (QED) is 0.379. The van der Waals surface area contributed by atoms with Gasteiger partial charge < -0.3 is 4.57 Å². The molecule has 1 nitrogen and oxygen atoms in total. The molecular formula is C6H15NSi. The minimum atomic E-state index is 0.201. The first-order valence-electron chi connectivity index (χ1n) is 2.81. The Morgan fingerprint density at radius 1 is 1.62 bits per heavy atom. The van der Waals surface area contributed by atoms with Crippen molar-refractivity contribution in [3.63, 3.8) is 0 Å². The van der Waals surface area contributed by atoms with Crippen LogP contribution < -0.4 is 0 Å². The zero-order valence-corrected chi connectivity index (χ0v) is 8.23. The molecular weight excluding hydrogens is 114 g/mol. The van der Waals surface area contributed by atoms with Crippen molar-refractivity contribution in [2.45, 2.75) is 19.4 Å². The maximum atomic E-state index is 3.73. The summed E-state index contributed by atoms with van der Waals surface area (Å²) >= 11 is 0. The topological polar surface area (TPSA) is 3.24 Å². The Kier molecular flexibility index (Phi) is 2.44. The fraction of sp³-hybridized carbons (Fsp3) is 0.667. The molecule has 2 heteroatoms. The minimum Gasteiger partial charge on any atom is -0.327 e. The highest BCUT2D eigenvalue weighted by atomic mass is 28.2. The van der Waals surface area contributed by atoms with Crippen molar-refractivity contribution in [1.82, 2.24) is 4.57 Å². The van der Waals surface area contributed by atoms with Gasteiger partial charge in [-0.3, -0.25) is 0 Å². The Bertz CT molecular complexity index is 86.5. The highest BCUT2D eigenvalue weighted by molar-refractivity contribution is 6.04. The molecule has 0 heterocycles. The van der Waals surface area contributed by atoms with Crippen LogP contribution in [0.25, 0.3) is 0 Å². The summed E-state index contributed by atoms with van der Waals surface area (Å²) in [6, 6.07) is 0. The maximum Gasteiger partial charge on any atom is 0.0791 e. The maximum absolute atomic E-state index is 3.73. The molecule has 0 radical (unpaired) electrons. The molecule has 0 saturated carbocycles. The van der Waals surface area contributed by atoms with Gasteiger partial charge in [0.1, 0.15) is 0 Å². The van der Waals surface area contributed by atoms with Gasteiger partial charge in [-0.25, -0.2) is 0 Å². The molecule has 8 heavy (non-hydrogen) atoms. The van der Waals surface area contributed by atoms with Gasteiger partial charge in [-0.15, -0.1) is 6.58 Å². The van der Waals surface area contributed by atoms with E-state index < -0.39 is 0 Å². The summed E-state index contributed by atoms with van der Waals surface area (Å²) in [6.45, 7) is 8.05. The molecule has 0 amide bonds. The van der Waals surface area contributed by atoms with Crippen LogP contribution in [0.15, 0.2) is 12.7 Å². The Morgan fingerprint density at radius 2 is 2.00 bits per heavy atom. The van der Waals surface area contributed by atoms with Crippen LogP contribution in [0, 0.1) is 0 Å². The molecule has 0 aliphatic heterocycles. The zero-order chi connectivity index (χ0) is 6.78. The Labute approximate surface area is 54.9 Å². The lowest BCUT2D eigenvalue weighted by atomic mass is 10.1. The standard InChI is InChI=1S/C6H15NSi/c1-5-6(2,3)7(4)8/h5H,1H2,2-4,8H3. The summed E-state index contributed by atoms with van der Waals surface area (Å²) < 4.78 is 2.26. The number of hydrogen-bond donors (Lipinski definition) is 0. The van der Waals surface area contributed by atoms with E-state index in [9.17, 15) is 0 Å². The van der Waals surface area contributed by atoms with Crippen LogP contribution in [0.4, 0.5) is 0 Å². The number of nitrogens with zero attached hydrogens (tertiary/aromatic N) is 1. The highest BCUT2D eigenvalue weighted by Crippen LogP contribution is 2.08. The van der Waals surface area contributed by atoms with E-state index in [0.29, 0.717) is 0 Å². The Balaban J connectivity index is 3.90. The molecule has 0 aliphatic carbocycles. The first kappa shape index (κ1) is 7.92. The summed E-state index contributed by atoms with van der Waals surface area (Å²) in [5.74, 6) is 0. The van der Waals surface area contributed by atoms with Crippen LogP contribution in [0.5, 0.6) is 0 Å². The highest BCUT2D eigenvalue weighted by Gasteiger charge is 2.13. The van der Waals surface area contributed by atoms with Crippen LogP contribution in [0.3, 0.4) is 0 Å². The number of hydrogen-bond acceptors (Lipinski definition) is 1. The first-order valence-corrected chi connectivity index (χ1v) is 3.71. The van der Waals surface area contributed by atoms with E-state index in [-0.39, 0.29) is 5.54 Å². The number of rotatable bonds is 2. The fourth-order valence-electron chi connectivity index (χ4n) is 0.183. The zero-order valence-electron chi connectivity index (χ0n) is 6.23. The summed E-state index contributed by atoms with van der Waals surface area (Å²) in [4.78, 5) is 0. The molecule has 0 unspecified atom stereocenters. The van der Waals surface area contributed by atoms with Crippen LogP contribution in [-0.4, -0.2) is 27.6 Å². The van der Waals surface area contributed by atoms with E-state index in [1.165, 1.54) is 0 Å². The van der Waals surface area contributed by atoms with Crippen LogP contribution in [-0.2, 0) is 0 Å². The molecule has 48 valence electrons. The molecule has 0 aromatic heterocycles. The molecule has 0 atom stereocenters. The average Bonchev–Trinajstić information content (AvgIpc) is 1.67. The second kappa shape index (κ2) is 2.46.